The van der Waals surface area contributed by atoms with Crippen LogP contribution in [0.25, 0.3) is 0 Å². The highest BCUT2D eigenvalue weighted by atomic mass is 32.1. The molecule has 0 aliphatic carbocycles. The number of para-hydroxylation sites is 2. The molecule has 3 aromatic rings. The Morgan fingerprint density at radius 1 is 1.03 bits per heavy atom. The molecule has 2 aliphatic heterocycles. The summed E-state index contributed by atoms with van der Waals surface area (Å²) in [5, 5.41) is 4.83. The molecule has 5 rings (SSSR count). The molecule has 1 fully saturated rings. The monoisotopic (exact) mass is 467 g/mol. The van der Waals surface area contributed by atoms with Crippen molar-refractivity contribution in [3.05, 3.63) is 59.1 Å². The van der Waals surface area contributed by atoms with Crippen molar-refractivity contribution < 1.29 is 14.2 Å². The average molecular weight is 468 g/mol. The van der Waals surface area contributed by atoms with Gasteiger partial charge in [0.1, 0.15) is 12.4 Å². The molecule has 174 valence electrons. The maximum Gasteiger partial charge on any atom is 0.198 e. The quantitative estimate of drug-likeness (QED) is 0.531. The van der Waals surface area contributed by atoms with Crippen molar-refractivity contribution >= 4 is 17.9 Å². The molecule has 0 radical (unpaired) electrons. The molecule has 8 nitrogen and oxygen atoms in total. The molecule has 2 aromatic carbocycles. The summed E-state index contributed by atoms with van der Waals surface area (Å²) in [5.41, 5.74) is 1.23. The maximum absolute atomic E-state index is 6.16. The minimum absolute atomic E-state index is 0.289. The highest BCUT2D eigenvalue weighted by Gasteiger charge is 2.27. The SMILES string of the molecule is COc1ccc(N2CCCN(Cn3nc(C4COc5ccccc5O4)n(C)c3=S)CC2)cc1. The van der Waals surface area contributed by atoms with Crippen LogP contribution in [0.15, 0.2) is 48.5 Å². The molecule has 9 heteroatoms. The number of hydrogen-bond donors (Lipinski definition) is 0. The largest absolute Gasteiger partial charge is 0.497 e. The van der Waals surface area contributed by atoms with Crippen LogP contribution in [0.4, 0.5) is 5.69 Å². The van der Waals surface area contributed by atoms with Crippen molar-refractivity contribution in [3.8, 4) is 17.2 Å². The molecule has 1 unspecified atom stereocenters. The number of fused-ring (bicyclic) bond motifs is 1. The number of methoxy groups -OCH3 is 1. The van der Waals surface area contributed by atoms with Gasteiger partial charge in [0, 0.05) is 38.9 Å². The van der Waals surface area contributed by atoms with Gasteiger partial charge in [0.05, 0.1) is 13.8 Å². The Hall–Kier alpha value is -3.04. The van der Waals surface area contributed by atoms with E-state index < -0.39 is 0 Å². The van der Waals surface area contributed by atoms with Gasteiger partial charge in [-0.25, -0.2) is 4.68 Å². The molecule has 0 bridgehead atoms. The van der Waals surface area contributed by atoms with E-state index in [2.05, 4.69) is 21.9 Å². The molecule has 1 aromatic heterocycles. The fraction of sp³-hybridized carbons (Fsp3) is 0.417. The second-order valence-electron chi connectivity index (χ2n) is 8.36. The van der Waals surface area contributed by atoms with Crippen molar-refractivity contribution in [2.45, 2.75) is 19.2 Å². The fourth-order valence-electron chi connectivity index (χ4n) is 4.38. The van der Waals surface area contributed by atoms with E-state index in [1.54, 1.807) is 7.11 Å². The van der Waals surface area contributed by atoms with Gasteiger partial charge in [-0.05, 0) is 55.0 Å². The van der Waals surface area contributed by atoms with Gasteiger partial charge in [-0.2, -0.15) is 5.10 Å². The van der Waals surface area contributed by atoms with Crippen LogP contribution in [-0.4, -0.2) is 59.1 Å². The third kappa shape index (κ3) is 4.56. The number of rotatable bonds is 5. The second-order valence-corrected chi connectivity index (χ2v) is 8.73. The van der Waals surface area contributed by atoms with Crippen LogP contribution in [0.3, 0.4) is 0 Å². The number of anilines is 1. The van der Waals surface area contributed by atoms with Gasteiger partial charge < -0.3 is 23.7 Å². The van der Waals surface area contributed by atoms with Crippen LogP contribution >= 0.6 is 12.2 Å². The van der Waals surface area contributed by atoms with Crippen LogP contribution in [0.5, 0.6) is 17.2 Å². The molecular weight excluding hydrogens is 438 g/mol. The molecule has 0 saturated carbocycles. The molecule has 1 atom stereocenters. The summed E-state index contributed by atoms with van der Waals surface area (Å²) in [5.74, 6) is 3.16. The molecule has 2 aliphatic rings. The normalized spacial score (nSPS) is 18.7. The Labute approximate surface area is 198 Å². The summed E-state index contributed by atoms with van der Waals surface area (Å²) in [6.07, 6.45) is 0.789. The van der Waals surface area contributed by atoms with Crippen LogP contribution < -0.4 is 19.1 Å². The van der Waals surface area contributed by atoms with Crippen LogP contribution in [-0.2, 0) is 13.7 Å². The smallest absolute Gasteiger partial charge is 0.198 e. The zero-order chi connectivity index (χ0) is 22.8. The van der Waals surface area contributed by atoms with Crippen molar-refractivity contribution in [2.24, 2.45) is 7.05 Å². The zero-order valence-corrected chi connectivity index (χ0v) is 19.8. The van der Waals surface area contributed by atoms with E-state index in [0.29, 0.717) is 18.0 Å². The standard InChI is InChI=1S/C24H29N5O3S/c1-26-23(22-16-31-20-6-3-4-7-21(20)32-22)25-29(24(26)33)17-27-12-5-13-28(15-14-27)18-8-10-19(30-2)11-9-18/h3-4,6-11,22H,5,12-17H2,1-2H3. The van der Waals surface area contributed by atoms with Crippen LogP contribution in [0.2, 0.25) is 0 Å². The van der Waals surface area contributed by atoms with Crippen molar-refractivity contribution in [3.63, 3.8) is 0 Å². The lowest BCUT2D eigenvalue weighted by Crippen LogP contribution is -2.32. The Bertz CT molecular complexity index is 1160. The third-order valence-electron chi connectivity index (χ3n) is 6.23. The van der Waals surface area contributed by atoms with Gasteiger partial charge in [-0.3, -0.25) is 4.90 Å². The highest BCUT2D eigenvalue weighted by Crippen LogP contribution is 2.35. The van der Waals surface area contributed by atoms with E-state index in [-0.39, 0.29) is 6.10 Å². The number of ether oxygens (including phenoxy) is 3. The maximum atomic E-state index is 6.16. The van der Waals surface area contributed by atoms with Crippen molar-refractivity contribution in [2.75, 3.05) is 44.8 Å². The number of aromatic nitrogens is 3. The average Bonchev–Trinajstić information content (AvgIpc) is 3.01. The lowest BCUT2D eigenvalue weighted by molar-refractivity contribution is 0.0821. The first kappa shape index (κ1) is 21.8. The first-order valence-corrected chi connectivity index (χ1v) is 11.7. The predicted octanol–water partition coefficient (Wildman–Crippen LogP) is 3.64. The Kier molecular flexibility index (Phi) is 6.24. The Morgan fingerprint density at radius 2 is 1.82 bits per heavy atom. The van der Waals surface area contributed by atoms with E-state index in [4.69, 9.17) is 31.5 Å². The highest BCUT2D eigenvalue weighted by molar-refractivity contribution is 7.71. The minimum atomic E-state index is -0.289. The first-order valence-electron chi connectivity index (χ1n) is 11.3. The number of hydrogen-bond acceptors (Lipinski definition) is 7. The third-order valence-corrected chi connectivity index (χ3v) is 6.72. The van der Waals surface area contributed by atoms with Gasteiger partial charge in [-0.1, -0.05) is 12.1 Å². The van der Waals surface area contributed by atoms with Crippen molar-refractivity contribution in [1.29, 1.82) is 0 Å². The molecular formula is C24H29N5O3S. The Morgan fingerprint density at radius 3 is 2.61 bits per heavy atom. The molecule has 0 spiro atoms. The summed E-state index contributed by atoms with van der Waals surface area (Å²) in [7, 11) is 3.64. The van der Waals surface area contributed by atoms with Gasteiger partial charge in [0.25, 0.3) is 0 Å². The fourth-order valence-corrected chi connectivity index (χ4v) is 4.57. The van der Waals surface area contributed by atoms with Crippen LogP contribution in [0.1, 0.15) is 18.3 Å². The lowest BCUT2D eigenvalue weighted by atomic mass is 10.2. The summed E-state index contributed by atoms with van der Waals surface area (Å²) >= 11 is 5.71. The number of benzene rings is 2. The summed E-state index contributed by atoms with van der Waals surface area (Å²) in [6, 6.07) is 16.0. The van der Waals surface area contributed by atoms with Gasteiger partial charge in [0.2, 0.25) is 0 Å². The molecule has 33 heavy (non-hydrogen) atoms. The molecule has 0 N–H and O–H groups in total. The molecule has 0 amide bonds. The summed E-state index contributed by atoms with van der Waals surface area (Å²) < 4.78 is 21.8. The van der Waals surface area contributed by atoms with Crippen LogP contribution in [0, 0.1) is 4.77 Å². The minimum Gasteiger partial charge on any atom is -0.497 e. The topological polar surface area (TPSA) is 56.9 Å². The molecule has 1 saturated heterocycles. The molecule has 3 heterocycles. The van der Waals surface area contributed by atoms with E-state index in [9.17, 15) is 0 Å². The van der Waals surface area contributed by atoms with E-state index in [1.165, 1.54) is 5.69 Å². The van der Waals surface area contributed by atoms with E-state index in [0.717, 1.165) is 55.7 Å². The van der Waals surface area contributed by atoms with Gasteiger partial charge in [0.15, 0.2) is 28.2 Å². The Balaban J connectivity index is 1.26. The van der Waals surface area contributed by atoms with Crippen molar-refractivity contribution in [1.82, 2.24) is 19.2 Å². The lowest BCUT2D eigenvalue weighted by Gasteiger charge is -2.25. The van der Waals surface area contributed by atoms with Gasteiger partial charge >= 0.3 is 0 Å². The second kappa shape index (κ2) is 9.44. The van der Waals surface area contributed by atoms with Gasteiger partial charge in [-0.15, -0.1) is 0 Å². The van der Waals surface area contributed by atoms with E-state index in [1.807, 2.05) is 52.7 Å². The number of nitrogens with zero attached hydrogens (tertiary/aromatic N) is 5. The zero-order valence-electron chi connectivity index (χ0n) is 19.0. The predicted molar refractivity (Wildman–Crippen MR) is 129 cm³/mol. The summed E-state index contributed by atoms with van der Waals surface area (Å²) in [6.45, 7) is 4.99. The summed E-state index contributed by atoms with van der Waals surface area (Å²) in [4.78, 5) is 4.83. The first-order chi connectivity index (χ1) is 16.1. The van der Waals surface area contributed by atoms with E-state index >= 15 is 0 Å².